The van der Waals surface area contributed by atoms with Crippen molar-refractivity contribution in [1.29, 1.82) is 0 Å². The molecule has 5 heterocycles. The highest BCUT2D eigenvalue weighted by molar-refractivity contribution is 7.95. The fourth-order valence-corrected chi connectivity index (χ4v) is 27.0. The smallest absolute Gasteiger partial charge is 0.269 e. The van der Waals surface area contributed by atoms with Crippen molar-refractivity contribution < 1.29 is 98.5 Å². The van der Waals surface area contributed by atoms with E-state index in [1.807, 2.05) is 0 Å². The quantitative estimate of drug-likeness (QED) is 0.0677. The van der Waals surface area contributed by atoms with Gasteiger partial charge in [-0.15, -0.1) is 0 Å². The molecule has 0 aromatic heterocycles. The van der Waals surface area contributed by atoms with E-state index in [2.05, 4.69) is 52.0 Å². The van der Waals surface area contributed by atoms with Crippen LogP contribution in [0.5, 0.6) is 0 Å². The molecule has 0 aromatic carbocycles. The van der Waals surface area contributed by atoms with Crippen LogP contribution in [0.25, 0.3) is 0 Å². The van der Waals surface area contributed by atoms with Crippen LogP contribution >= 0.6 is 0 Å². The summed E-state index contributed by atoms with van der Waals surface area (Å²) < 4.78 is 288. The molecule has 9 aliphatic rings. The molecule has 0 spiro atoms. The van der Waals surface area contributed by atoms with Crippen molar-refractivity contribution in [2.75, 3.05) is 30.9 Å². The fourth-order valence-electron chi connectivity index (χ4n) is 15.0. The van der Waals surface area contributed by atoms with Crippen LogP contribution in [0.3, 0.4) is 0 Å². The Morgan fingerprint density at radius 3 is 0.950 bits per heavy atom. The van der Waals surface area contributed by atoms with E-state index in [-0.39, 0.29) is 19.3 Å². The zero-order valence-corrected chi connectivity index (χ0v) is 49.7. The molecule has 17 N–H and O–H groups in total. The molecule has 23 unspecified atom stereocenters. The minimum atomic E-state index is -5.24. The number of fused-ring (bicyclic) bond motifs is 20. The summed E-state index contributed by atoms with van der Waals surface area (Å²) in [5.74, 6) is -8.66. The van der Waals surface area contributed by atoms with Gasteiger partial charge in [0.2, 0.25) is 30.1 Å². The number of nitrogens with two attached hydrogens (primary N) is 1. The van der Waals surface area contributed by atoms with Gasteiger partial charge >= 0.3 is 0 Å². The van der Waals surface area contributed by atoms with Gasteiger partial charge in [-0.3, -0.25) is 65.3 Å². The number of sulfonamides is 3. The largest absolute Gasteiger partial charge is 0.286 e. The van der Waals surface area contributed by atoms with Gasteiger partial charge in [0.05, 0.1) is 81.8 Å². The standard InChI is InChI=1S/C37H69N11O23S9/c1-72(49,50)24-9-18-20(11-26(24)77(61,62)40-5-7-74(54,55)56)34-43-31-17-8-15(76(59,60)39-4-6-73(51,52)53)2-3-16(17)30(41-31)42-35-21-12-27(78(63,64)65)25(75(38,57)58)10-19(21)33(46-35)47-37-23-14-29(80(69,70)71)28(79(66,67)68)13-22(23)36(48-37)45-32(18)44-34/h15-37,39-48H,2-14H2,1H3,(H2,38,57,58)(H,51,52,53)(H,54,55,56)(H,63,64,65)(H,66,67,68)(H,69,70,71). The highest BCUT2D eigenvalue weighted by Gasteiger charge is 2.62. The molecule has 4 saturated carbocycles. The first kappa shape index (κ1) is 63.4. The molecule has 43 heteroatoms. The molecule has 0 amide bonds. The SMILES string of the molecule is CS(=O)(=O)C1CC2C3NC4NC(NC5NC(NC6NC(NC(N3)C2CC1S(=O)(=O)NCCS(=O)(=O)O)C1CC(S(=O)(=O)NCCS(=O)(=O)O)CCC61)C1CC(S(=O)(=O)O)C(S(N)(=O)=O)CC51)C1CC(S(=O)(=O)O)C(S(=O)(=O)O)CC41. The fraction of sp³-hybridized carbons (Fsp3) is 1.00. The second-order valence-electron chi connectivity index (χ2n) is 23.0. The van der Waals surface area contributed by atoms with Gasteiger partial charge in [0.25, 0.3) is 50.6 Å². The van der Waals surface area contributed by atoms with Crippen molar-refractivity contribution in [3.05, 3.63) is 0 Å². The Kier molecular flexibility index (Phi) is 17.4. The summed E-state index contributed by atoms with van der Waals surface area (Å²) in [4.78, 5) is 0. The summed E-state index contributed by atoms with van der Waals surface area (Å²) >= 11 is 0. The molecule has 5 saturated heterocycles. The lowest BCUT2D eigenvalue weighted by Crippen LogP contribution is -2.61. The molecular weight excluding hydrogens is 1260 g/mol. The van der Waals surface area contributed by atoms with E-state index in [9.17, 15) is 98.5 Å². The highest BCUT2D eigenvalue weighted by Crippen LogP contribution is 2.49. The Hall–Kier alpha value is -1.09. The molecule has 34 nitrogen and oxygen atoms in total. The first-order chi connectivity index (χ1) is 36.5. The van der Waals surface area contributed by atoms with E-state index >= 15 is 0 Å². The van der Waals surface area contributed by atoms with E-state index in [0.717, 1.165) is 6.26 Å². The maximum atomic E-state index is 14.2. The molecular formula is C37H69N11O23S9. The van der Waals surface area contributed by atoms with Crippen molar-refractivity contribution >= 4 is 90.5 Å². The predicted molar refractivity (Wildman–Crippen MR) is 281 cm³/mol. The molecule has 9 fully saturated rings. The minimum Gasteiger partial charge on any atom is -0.286 e. The Labute approximate surface area is 465 Å². The maximum Gasteiger partial charge on any atom is 0.269 e. The van der Waals surface area contributed by atoms with Crippen molar-refractivity contribution in [3.8, 4) is 0 Å². The molecule has 9 rings (SSSR count). The van der Waals surface area contributed by atoms with Gasteiger partial charge < -0.3 is 0 Å². The van der Waals surface area contributed by atoms with Crippen LogP contribution in [-0.2, 0) is 90.5 Å². The maximum absolute atomic E-state index is 14.2. The molecule has 0 aromatic rings. The minimum absolute atomic E-state index is 0.000185. The first-order valence-electron chi connectivity index (χ1n) is 25.6. The topological polar surface area (TPSA) is 555 Å². The van der Waals surface area contributed by atoms with E-state index in [4.69, 9.17) is 5.14 Å². The van der Waals surface area contributed by atoms with Gasteiger partial charge in [0.15, 0.2) is 9.84 Å². The number of hydrogen-bond acceptors (Lipinski definition) is 26. The second-order valence-corrected chi connectivity index (χ2v) is 39.1. The van der Waals surface area contributed by atoms with Gasteiger partial charge in [0, 0.05) is 19.3 Å². The van der Waals surface area contributed by atoms with Crippen molar-refractivity contribution in [2.45, 2.75) is 144 Å². The van der Waals surface area contributed by atoms with Crippen LogP contribution in [0.1, 0.15) is 57.8 Å². The van der Waals surface area contributed by atoms with E-state index < -0.39 is 287 Å². The lowest BCUT2D eigenvalue weighted by Gasteiger charge is -2.41. The zero-order valence-electron chi connectivity index (χ0n) is 42.3. The number of sulfone groups is 1. The van der Waals surface area contributed by atoms with Gasteiger partial charge in [-0.05, 0) is 105 Å². The lowest BCUT2D eigenvalue weighted by molar-refractivity contribution is 0.168. The Bertz CT molecular complexity index is 3460. The molecule has 0 radical (unpaired) electrons. The Balaban J connectivity index is 1.14. The van der Waals surface area contributed by atoms with E-state index in [1.54, 1.807) is 0 Å². The molecule has 23 atom stereocenters. The molecule has 5 aliphatic heterocycles. The Morgan fingerprint density at radius 1 is 0.362 bits per heavy atom. The third kappa shape index (κ3) is 13.4. The second kappa shape index (κ2) is 21.9. The molecule has 464 valence electrons. The molecule has 80 heavy (non-hydrogen) atoms. The number of hydrogen-bond donors (Lipinski definition) is 16. The summed E-state index contributed by atoms with van der Waals surface area (Å²) in [5, 5.41) is 20.4. The number of primary sulfonamides is 1. The summed E-state index contributed by atoms with van der Waals surface area (Å²) in [6.45, 7) is -1.50. The van der Waals surface area contributed by atoms with Gasteiger partial charge in [-0.2, -0.15) is 42.1 Å². The van der Waals surface area contributed by atoms with Gasteiger partial charge in [-0.25, -0.2) is 48.3 Å². The van der Waals surface area contributed by atoms with Crippen LogP contribution in [0.2, 0.25) is 0 Å². The van der Waals surface area contributed by atoms with Crippen molar-refractivity contribution in [3.63, 3.8) is 0 Å². The van der Waals surface area contributed by atoms with Crippen molar-refractivity contribution in [1.82, 2.24) is 52.0 Å². The third-order valence-electron chi connectivity index (χ3n) is 18.4. The van der Waals surface area contributed by atoms with E-state index in [0.29, 0.717) is 0 Å². The summed E-state index contributed by atoms with van der Waals surface area (Å²) in [6, 6.07) is 0. The zero-order chi connectivity index (χ0) is 59.0. The normalized spacial score (nSPS) is 43.2. The van der Waals surface area contributed by atoms with Crippen LogP contribution < -0.4 is 57.1 Å². The average Bonchev–Trinajstić information content (AvgIpc) is 4.02. The number of nitrogens with one attached hydrogen (secondary N) is 10. The summed E-state index contributed by atoms with van der Waals surface area (Å²) in [7, 11) is -42.9. The number of rotatable bonds is 15. The monoisotopic (exact) mass is 1320 g/mol. The van der Waals surface area contributed by atoms with Crippen LogP contribution in [-0.4, -0.2) is 215 Å². The van der Waals surface area contributed by atoms with Crippen LogP contribution in [0, 0.1) is 47.3 Å². The van der Waals surface area contributed by atoms with E-state index in [1.165, 1.54) is 0 Å². The first-order valence-corrected chi connectivity index (χ1v) is 39.9. The molecule has 8 bridgehead atoms. The Morgan fingerprint density at radius 2 is 0.637 bits per heavy atom. The molecule has 4 aliphatic carbocycles. The van der Waals surface area contributed by atoms with Crippen LogP contribution in [0.4, 0.5) is 0 Å². The van der Waals surface area contributed by atoms with Gasteiger partial charge in [0.1, 0.15) is 15.7 Å². The average molecular weight is 1320 g/mol. The third-order valence-corrected chi connectivity index (χ3v) is 31.0. The summed E-state index contributed by atoms with van der Waals surface area (Å²) in [5.41, 5.74) is 0. The van der Waals surface area contributed by atoms with Gasteiger partial charge in [-0.1, -0.05) is 0 Å². The predicted octanol–water partition coefficient (Wildman–Crippen LogP) is -7.93. The van der Waals surface area contributed by atoms with Crippen molar-refractivity contribution in [2.24, 2.45) is 52.5 Å². The summed E-state index contributed by atoms with van der Waals surface area (Å²) in [6.07, 6.45) is -10.3. The van der Waals surface area contributed by atoms with Crippen LogP contribution in [0.15, 0.2) is 0 Å². The lowest BCUT2D eigenvalue weighted by atomic mass is 9.76. The highest BCUT2D eigenvalue weighted by atomic mass is 32.3.